The fourth-order valence-electron chi connectivity index (χ4n) is 3.43. The van der Waals surface area contributed by atoms with Crippen molar-refractivity contribution in [1.82, 2.24) is 4.90 Å². The van der Waals surface area contributed by atoms with Gasteiger partial charge in [-0.3, -0.25) is 15.0 Å². The van der Waals surface area contributed by atoms with Crippen LogP contribution in [0.5, 0.6) is 0 Å². The zero-order chi connectivity index (χ0) is 14.8. The number of anilines is 1. The number of nitro groups is 1. The van der Waals surface area contributed by atoms with E-state index in [1.165, 1.54) is 32.4 Å². The highest BCUT2D eigenvalue weighted by Crippen LogP contribution is 2.30. The van der Waals surface area contributed by atoms with Gasteiger partial charge in [0.05, 0.1) is 4.92 Å². The van der Waals surface area contributed by atoms with Gasteiger partial charge in [-0.05, 0) is 44.5 Å². The topological polar surface area (TPSA) is 49.6 Å². The molecule has 2 aliphatic heterocycles. The third-order valence-electron chi connectivity index (χ3n) is 4.59. The molecule has 3 rings (SSSR count). The Kier molecular flexibility index (Phi) is 4.45. The first-order valence-corrected chi connectivity index (χ1v) is 8.63. The summed E-state index contributed by atoms with van der Waals surface area (Å²) in [4.78, 5) is 15.6. The summed E-state index contributed by atoms with van der Waals surface area (Å²) in [5.41, 5.74) is 2.06. The second-order valence-electron chi connectivity index (χ2n) is 5.84. The van der Waals surface area contributed by atoms with Crippen LogP contribution in [0, 0.1) is 10.1 Å². The van der Waals surface area contributed by atoms with Gasteiger partial charge in [-0.15, -0.1) is 0 Å². The van der Waals surface area contributed by atoms with Crippen LogP contribution in [0.25, 0.3) is 0 Å². The van der Waals surface area contributed by atoms with E-state index < -0.39 is 0 Å². The van der Waals surface area contributed by atoms with Crippen molar-refractivity contribution in [2.75, 3.05) is 31.1 Å². The molecule has 6 heteroatoms. The van der Waals surface area contributed by atoms with E-state index in [4.69, 9.17) is 0 Å². The average molecular weight is 354 g/mol. The summed E-state index contributed by atoms with van der Waals surface area (Å²) in [5, 5.41) is 11.5. The van der Waals surface area contributed by atoms with Crippen LogP contribution in [0.15, 0.2) is 18.2 Å². The van der Waals surface area contributed by atoms with Gasteiger partial charge in [-0.25, -0.2) is 0 Å². The number of alkyl halides is 1. The lowest BCUT2D eigenvalue weighted by atomic mass is 10.1. The van der Waals surface area contributed by atoms with E-state index in [0.717, 1.165) is 24.3 Å². The van der Waals surface area contributed by atoms with E-state index in [9.17, 15) is 10.1 Å². The van der Waals surface area contributed by atoms with Gasteiger partial charge < -0.3 is 4.90 Å². The molecule has 2 fully saturated rings. The zero-order valence-electron chi connectivity index (χ0n) is 12.0. The zero-order valence-corrected chi connectivity index (χ0v) is 13.6. The Bertz CT molecular complexity index is 532. The first-order chi connectivity index (χ1) is 10.2. The SMILES string of the molecule is O=[N+]([O-])c1ccc(N2CCC(N3CCCC3)C2)cc1CBr. The van der Waals surface area contributed by atoms with Crippen LogP contribution in [0.4, 0.5) is 11.4 Å². The second-order valence-corrected chi connectivity index (χ2v) is 6.40. The average Bonchev–Trinajstić information content (AvgIpc) is 3.17. The molecule has 2 heterocycles. The van der Waals surface area contributed by atoms with Crippen molar-refractivity contribution in [3.05, 3.63) is 33.9 Å². The largest absolute Gasteiger partial charge is 0.370 e. The molecule has 1 unspecified atom stereocenters. The summed E-state index contributed by atoms with van der Waals surface area (Å²) in [7, 11) is 0. The van der Waals surface area contributed by atoms with Crippen molar-refractivity contribution in [2.24, 2.45) is 0 Å². The summed E-state index contributed by atoms with van der Waals surface area (Å²) in [5.74, 6) is 0. The van der Waals surface area contributed by atoms with Crippen molar-refractivity contribution in [1.29, 1.82) is 0 Å². The van der Waals surface area contributed by atoms with Crippen LogP contribution in [-0.2, 0) is 5.33 Å². The third kappa shape index (κ3) is 3.06. The Hall–Kier alpha value is -1.14. The highest BCUT2D eigenvalue weighted by atomic mass is 79.9. The van der Waals surface area contributed by atoms with Gasteiger partial charge in [0.1, 0.15) is 0 Å². The second kappa shape index (κ2) is 6.32. The number of nitro benzene ring substituents is 1. The molecule has 0 radical (unpaired) electrons. The number of hydrogen-bond acceptors (Lipinski definition) is 4. The van der Waals surface area contributed by atoms with Crippen molar-refractivity contribution in [3.63, 3.8) is 0 Å². The Morgan fingerprint density at radius 2 is 2.05 bits per heavy atom. The number of nitrogens with zero attached hydrogens (tertiary/aromatic N) is 3. The molecule has 2 aliphatic rings. The minimum Gasteiger partial charge on any atom is -0.370 e. The van der Waals surface area contributed by atoms with E-state index in [1.807, 2.05) is 12.1 Å². The van der Waals surface area contributed by atoms with E-state index in [2.05, 4.69) is 25.7 Å². The van der Waals surface area contributed by atoms with E-state index in [0.29, 0.717) is 11.4 Å². The van der Waals surface area contributed by atoms with Crippen LogP contribution in [0.3, 0.4) is 0 Å². The maximum absolute atomic E-state index is 11.0. The molecular formula is C15H20BrN3O2. The molecule has 21 heavy (non-hydrogen) atoms. The van der Waals surface area contributed by atoms with Crippen LogP contribution < -0.4 is 4.90 Å². The molecule has 0 amide bonds. The lowest BCUT2D eigenvalue weighted by Gasteiger charge is -2.24. The maximum Gasteiger partial charge on any atom is 0.273 e. The Morgan fingerprint density at radius 1 is 1.29 bits per heavy atom. The van der Waals surface area contributed by atoms with Gasteiger partial charge in [0.25, 0.3) is 5.69 Å². The van der Waals surface area contributed by atoms with Crippen LogP contribution in [0.1, 0.15) is 24.8 Å². The summed E-state index contributed by atoms with van der Waals surface area (Å²) in [6.45, 7) is 4.54. The molecule has 1 aromatic rings. The van der Waals surface area contributed by atoms with E-state index >= 15 is 0 Å². The lowest BCUT2D eigenvalue weighted by molar-refractivity contribution is -0.385. The van der Waals surface area contributed by atoms with Crippen LogP contribution >= 0.6 is 15.9 Å². The van der Waals surface area contributed by atoms with E-state index in [1.54, 1.807) is 6.07 Å². The molecule has 0 spiro atoms. The highest BCUT2D eigenvalue weighted by Gasteiger charge is 2.29. The number of benzene rings is 1. The molecule has 1 aromatic carbocycles. The van der Waals surface area contributed by atoms with Gasteiger partial charge in [-0.2, -0.15) is 0 Å². The number of rotatable bonds is 4. The molecule has 0 N–H and O–H groups in total. The van der Waals surface area contributed by atoms with Gasteiger partial charge >= 0.3 is 0 Å². The Labute approximate surface area is 133 Å². The smallest absolute Gasteiger partial charge is 0.273 e. The van der Waals surface area contributed by atoms with E-state index in [-0.39, 0.29) is 10.6 Å². The van der Waals surface area contributed by atoms with Gasteiger partial charge in [0.15, 0.2) is 0 Å². The fraction of sp³-hybridized carbons (Fsp3) is 0.600. The molecule has 0 saturated carbocycles. The molecule has 0 aromatic heterocycles. The molecule has 2 saturated heterocycles. The molecule has 0 aliphatic carbocycles. The molecule has 1 atom stereocenters. The summed E-state index contributed by atoms with van der Waals surface area (Å²) in [6, 6.07) is 6.13. The van der Waals surface area contributed by atoms with Crippen molar-refractivity contribution >= 4 is 27.3 Å². The van der Waals surface area contributed by atoms with Crippen molar-refractivity contribution in [2.45, 2.75) is 30.6 Å². The van der Waals surface area contributed by atoms with Crippen molar-refractivity contribution < 1.29 is 4.92 Å². The van der Waals surface area contributed by atoms with Crippen LogP contribution in [0.2, 0.25) is 0 Å². The van der Waals surface area contributed by atoms with Crippen LogP contribution in [-0.4, -0.2) is 42.0 Å². The maximum atomic E-state index is 11.0. The van der Waals surface area contributed by atoms with Gasteiger partial charge in [0, 0.05) is 41.8 Å². The monoisotopic (exact) mass is 353 g/mol. The summed E-state index contributed by atoms with van der Waals surface area (Å²) >= 11 is 3.35. The highest BCUT2D eigenvalue weighted by molar-refractivity contribution is 9.08. The predicted octanol–water partition coefficient (Wildman–Crippen LogP) is 3.16. The van der Waals surface area contributed by atoms with Gasteiger partial charge in [0.2, 0.25) is 0 Å². The third-order valence-corrected chi connectivity index (χ3v) is 5.19. The summed E-state index contributed by atoms with van der Waals surface area (Å²) < 4.78 is 0. The molecular weight excluding hydrogens is 334 g/mol. The number of hydrogen-bond donors (Lipinski definition) is 0. The number of likely N-dealkylation sites (tertiary alicyclic amines) is 1. The summed E-state index contributed by atoms with van der Waals surface area (Å²) in [6.07, 6.45) is 3.84. The Morgan fingerprint density at radius 3 is 2.71 bits per heavy atom. The van der Waals surface area contributed by atoms with Gasteiger partial charge in [-0.1, -0.05) is 15.9 Å². The predicted molar refractivity (Wildman–Crippen MR) is 87.2 cm³/mol. The standard InChI is InChI=1S/C15H20BrN3O2/c16-10-12-9-13(3-4-15(12)19(20)21)18-8-5-14(11-18)17-6-1-2-7-17/h3-4,9,14H,1-2,5-8,10-11H2. The fourth-order valence-corrected chi connectivity index (χ4v) is 3.88. The Balaban J connectivity index is 1.74. The molecule has 5 nitrogen and oxygen atoms in total. The van der Waals surface area contributed by atoms with Crippen molar-refractivity contribution in [3.8, 4) is 0 Å². The first kappa shape index (κ1) is 14.8. The lowest BCUT2D eigenvalue weighted by Crippen LogP contribution is -2.35. The molecule has 0 bridgehead atoms. The number of halogens is 1. The quantitative estimate of drug-likeness (QED) is 0.474. The normalized spacial score (nSPS) is 22.9. The molecule has 114 valence electrons. The first-order valence-electron chi connectivity index (χ1n) is 7.51. The minimum absolute atomic E-state index is 0.200. The minimum atomic E-state index is -0.308.